The Kier molecular flexibility index (Phi) is 7.38. The van der Waals surface area contributed by atoms with Crippen LogP contribution in [0, 0.1) is 5.92 Å². The predicted octanol–water partition coefficient (Wildman–Crippen LogP) is 5.68. The van der Waals surface area contributed by atoms with Gasteiger partial charge in [-0.3, -0.25) is 0 Å². The van der Waals surface area contributed by atoms with Crippen molar-refractivity contribution in [1.82, 2.24) is 0 Å². The molecule has 0 amide bonds. The van der Waals surface area contributed by atoms with Crippen LogP contribution in [0.3, 0.4) is 0 Å². The second kappa shape index (κ2) is 10.5. The van der Waals surface area contributed by atoms with Gasteiger partial charge in [-0.1, -0.05) is 12.1 Å². The number of fused-ring (bicyclic) bond motifs is 2. The van der Waals surface area contributed by atoms with Crippen LogP contribution in [-0.2, 0) is 20.9 Å². The van der Waals surface area contributed by atoms with Crippen molar-refractivity contribution in [2.24, 2.45) is 10.3 Å². The largest absolute Gasteiger partial charge is 0.573 e. The molecule has 2 aliphatic heterocycles. The number of anilines is 2. The molecular weight excluding hydrogens is 582 g/mol. The molecule has 1 unspecified atom stereocenters. The van der Waals surface area contributed by atoms with Gasteiger partial charge in [-0.25, -0.2) is 0 Å². The maximum absolute atomic E-state index is 13.5. The minimum Gasteiger partial charge on any atom is -0.453 e. The van der Waals surface area contributed by atoms with E-state index in [4.69, 9.17) is 9.47 Å². The third-order valence-corrected chi connectivity index (χ3v) is 7.67. The lowest BCUT2D eigenvalue weighted by atomic mass is 9.93. The number of hydrogen-bond acceptors (Lipinski definition) is 7. The number of halogens is 6. The number of para-hydroxylation sites is 2. The fraction of sp³-hybridized carbons (Fsp3) is 0.269. The number of sulfonamides is 1. The Morgan fingerprint density at radius 2 is 1.61 bits per heavy atom. The number of nitrogens with zero attached hydrogens (tertiary/aromatic N) is 2. The van der Waals surface area contributed by atoms with Gasteiger partial charge in [-0.2, -0.15) is 26.0 Å². The molecule has 218 valence electrons. The summed E-state index contributed by atoms with van der Waals surface area (Å²) in [4.78, 5) is 1.03. The van der Waals surface area contributed by atoms with Gasteiger partial charge in [-0.15, -0.1) is 13.2 Å². The number of ether oxygens (including phenoxy) is 3. The van der Waals surface area contributed by atoms with Crippen LogP contribution < -0.4 is 14.4 Å². The molecule has 0 spiro atoms. The maximum Gasteiger partial charge on any atom is 0.573 e. The lowest BCUT2D eigenvalue weighted by Crippen LogP contribution is -2.53. The second-order valence-electron chi connectivity index (χ2n) is 9.13. The molecule has 0 radical (unpaired) electrons. The highest BCUT2D eigenvalue weighted by Gasteiger charge is 2.41. The lowest BCUT2D eigenvalue weighted by molar-refractivity contribution is -0.274. The zero-order valence-corrected chi connectivity index (χ0v) is 21.4. The van der Waals surface area contributed by atoms with Gasteiger partial charge in [0.2, 0.25) is 0 Å². The van der Waals surface area contributed by atoms with Gasteiger partial charge in [0, 0.05) is 12.1 Å². The number of rotatable bonds is 5. The van der Waals surface area contributed by atoms with Crippen LogP contribution in [0.25, 0.3) is 0 Å². The molecule has 2 heterocycles. The van der Waals surface area contributed by atoms with E-state index in [2.05, 4.69) is 9.13 Å². The Bertz CT molecular complexity index is 1560. The molecule has 0 bridgehead atoms. The van der Waals surface area contributed by atoms with Crippen LogP contribution in [0.1, 0.15) is 5.56 Å². The van der Waals surface area contributed by atoms with Crippen molar-refractivity contribution in [2.75, 3.05) is 18.1 Å². The zero-order chi connectivity index (χ0) is 29.6. The van der Waals surface area contributed by atoms with Gasteiger partial charge >= 0.3 is 12.5 Å². The van der Waals surface area contributed by atoms with E-state index in [9.17, 15) is 39.9 Å². The number of aliphatic hydroxyl groups is 1. The molecule has 41 heavy (non-hydrogen) atoms. The molecule has 0 saturated carbocycles. The van der Waals surface area contributed by atoms with E-state index in [1.54, 1.807) is 24.3 Å². The van der Waals surface area contributed by atoms with Crippen molar-refractivity contribution in [3.8, 4) is 17.2 Å². The van der Waals surface area contributed by atoms with E-state index >= 15 is 0 Å². The Morgan fingerprint density at radius 1 is 0.927 bits per heavy atom. The quantitative estimate of drug-likeness (QED) is 0.296. The standard InChI is InChI=1S/C26H20F6N2O6S/c27-25(28,29)16-5-10-23-20(11-16)34(19-3-1-2-4-22(19)39-23)21-14-38-13-15(24(21)35)12-33-41(36,37)18-8-6-17(7-9-18)40-26(30,31)32/h1-12,15,21,24,35H,13-14H2/b33-12-/t15?,21-,24-/m0/s1. The summed E-state index contributed by atoms with van der Waals surface area (Å²) in [5, 5.41) is 11.3. The summed E-state index contributed by atoms with van der Waals surface area (Å²) in [5.41, 5.74) is -0.554. The first kappa shape index (κ1) is 28.7. The fourth-order valence-corrected chi connectivity index (χ4v) is 5.43. The highest BCUT2D eigenvalue weighted by molar-refractivity contribution is 7.90. The van der Waals surface area contributed by atoms with Gasteiger partial charge < -0.3 is 24.2 Å². The van der Waals surface area contributed by atoms with Crippen LogP contribution in [0.4, 0.5) is 37.7 Å². The van der Waals surface area contributed by atoms with Crippen LogP contribution >= 0.6 is 0 Å². The predicted molar refractivity (Wildman–Crippen MR) is 133 cm³/mol. The van der Waals surface area contributed by atoms with E-state index in [0.29, 0.717) is 11.4 Å². The summed E-state index contributed by atoms with van der Waals surface area (Å²) in [6.07, 6.45) is -10.0. The first-order valence-corrected chi connectivity index (χ1v) is 13.4. The SMILES string of the molecule is O=S(=O)(/N=C\C1COC[C@H](N2c3ccccc3Oc3ccc(C(F)(F)F)cc32)[C@H]1O)c1ccc(OC(F)(F)F)cc1. The summed E-state index contributed by atoms with van der Waals surface area (Å²) in [6, 6.07) is 11.9. The van der Waals surface area contributed by atoms with Gasteiger partial charge in [0.15, 0.2) is 11.5 Å². The van der Waals surface area contributed by atoms with Gasteiger partial charge in [0.05, 0.1) is 47.2 Å². The van der Waals surface area contributed by atoms with Gasteiger partial charge in [-0.05, 0) is 54.6 Å². The molecule has 3 aromatic carbocycles. The topological polar surface area (TPSA) is 97.7 Å². The van der Waals surface area contributed by atoms with E-state index in [1.165, 1.54) is 11.0 Å². The first-order chi connectivity index (χ1) is 19.2. The summed E-state index contributed by atoms with van der Waals surface area (Å²) in [7, 11) is -4.40. The smallest absolute Gasteiger partial charge is 0.453 e. The minimum atomic E-state index is -4.96. The zero-order valence-electron chi connectivity index (χ0n) is 20.6. The van der Waals surface area contributed by atoms with Crippen molar-refractivity contribution < 1.29 is 54.1 Å². The van der Waals surface area contributed by atoms with Crippen LogP contribution in [0.15, 0.2) is 76.0 Å². The fourth-order valence-electron chi connectivity index (χ4n) is 4.51. The van der Waals surface area contributed by atoms with Crippen LogP contribution in [-0.4, -0.2) is 51.5 Å². The highest BCUT2D eigenvalue weighted by atomic mass is 32.2. The number of hydrogen-bond donors (Lipinski definition) is 1. The molecule has 0 aliphatic carbocycles. The molecule has 0 aromatic heterocycles. The summed E-state index contributed by atoms with van der Waals surface area (Å²) >= 11 is 0. The van der Waals surface area contributed by atoms with Crippen LogP contribution in [0.2, 0.25) is 0 Å². The van der Waals surface area contributed by atoms with Crippen molar-refractivity contribution in [3.05, 3.63) is 72.3 Å². The average molecular weight is 603 g/mol. The molecule has 8 nitrogen and oxygen atoms in total. The Labute approximate surface area is 229 Å². The molecule has 3 aromatic rings. The molecule has 1 N–H and O–H groups in total. The highest BCUT2D eigenvalue weighted by Crippen LogP contribution is 2.50. The molecule has 5 rings (SSSR count). The van der Waals surface area contributed by atoms with Crippen molar-refractivity contribution >= 4 is 27.6 Å². The maximum atomic E-state index is 13.5. The minimum absolute atomic E-state index is 0.0255. The molecule has 3 atom stereocenters. The third-order valence-electron chi connectivity index (χ3n) is 6.40. The number of alkyl halides is 6. The van der Waals surface area contributed by atoms with Crippen molar-refractivity contribution in [1.29, 1.82) is 0 Å². The number of aliphatic hydroxyl groups excluding tert-OH is 1. The Balaban J connectivity index is 1.43. The van der Waals surface area contributed by atoms with Gasteiger partial charge in [0.25, 0.3) is 10.0 Å². The number of benzene rings is 3. The lowest BCUT2D eigenvalue weighted by Gasteiger charge is -2.44. The Morgan fingerprint density at radius 3 is 2.29 bits per heavy atom. The van der Waals surface area contributed by atoms with Crippen molar-refractivity contribution in [2.45, 2.75) is 29.6 Å². The normalized spacial score (nSPS) is 21.2. The van der Waals surface area contributed by atoms with E-state index in [1.807, 2.05) is 0 Å². The second-order valence-corrected chi connectivity index (χ2v) is 10.8. The van der Waals surface area contributed by atoms with E-state index < -0.39 is 56.8 Å². The monoisotopic (exact) mass is 602 g/mol. The summed E-state index contributed by atoms with van der Waals surface area (Å²) in [5.74, 6) is -1.21. The molecule has 15 heteroatoms. The average Bonchev–Trinajstić information content (AvgIpc) is 2.90. The molecule has 1 saturated heterocycles. The molecule has 2 aliphatic rings. The first-order valence-electron chi connectivity index (χ1n) is 11.9. The summed E-state index contributed by atoms with van der Waals surface area (Å²) < 4.78 is 122. The Hall–Kier alpha value is -3.82. The summed E-state index contributed by atoms with van der Waals surface area (Å²) in [6.45, 7) is -0.278. The van der Waals surface area contributed by atoms with E-state index in [-0.39, 0.29) is 24.7 Å². The van der Waals surface area contributed by atoms with Crippen LogP contribution in [0.5, 0.6) is 17.2 Å². The third kappa shape index (κ3) is 6.11. The van der Waals surface area contributed by atoms with E-state index in [0.717, 1.165) is 42.6 Å². The van der Waals surface area contributed by atoms with Crippen molar-refractivity contribution in [3.63, 3.8) is 0 Å². The molecular formula is C26H20F6N2O6S. The van der Waals surface area contributed by atoms with Gasteiger partial charge in [0.1, 0.15) is 5.75 Å². The molecule has 1 fully saturated rings.